The molecule has 0 spiro atoms. The zero-order chi connectivity index (χ0) is 25.8. The van der Waals surface area contributed by atoms with Crippen LogP contribution in [0.25, 0.3) is 5.76 Å². The summed E-state index contributed by atoms with van der Waals surface area (Å²) >= 11 is 0. The summed E-state index contributed by atoms with van der Waals surface area (Å²) in [7, 11) is 3.85. The van der Waals surface area contributed by atoms with E-state index < -0.39 is 17.7 Å². The molecule has 1 heterocycles. The topological polar surface area (TPSA) is 70.1 Å². The van der Waals surface area contributed by atoms with Crippen molar-refractivity contribution >= 4 is 17.4 Å². The van der Waals surface area contributed by atoms with Crippen molar-refractivity contribution in [2.24, 2.45) is 0 Å². The zero-order valence-corrected chi connectivity index (χ0v) is 21.8. The average Bonchev–Trinajstić information content (AvgIpc) is 3.07. The number of benzene rings is 2. The Morgan fingerprint density at radius 2 is 1.77 bits per heavy atom. The maximum Gasteiger partial charge on any atom is 0.295 e. The monoisotopic (exact) mass is 478 g/mol. The van der Waals surface area contributed by atoms with Crippen molar-refractivity contribution in [3.63, 3.8) is 0 Å². The van der Waals surface area contributed by atoms with E-state index in [9.17, 15) is 14.7 Å². The van der Waals surface area contributed by atoms with Gasteiger partial charge in [-0.25, -0.2) is 0 Å². The lowest BCUT2D eigenvalue weighted by Gasteiger charge is -2.27. The SMILES string of the molecule is CCCCOc1cccc(/C(O)=C2\C(=O)C(=O)N(CCN(C)C)C2c2ccc(C(C)(C)C)cc2)c1. The summed E-state index contributed by atoms with van der Waals surface area (Å²) in [6, 6.07) is 14.4. The van der Waals surface area contributed by atoms with Gasteiger partial charge in [0.25, 0.3) is 11.7 Å². The van der Waals surface area contributed by atoms with E-state index in [-0.39, 0.29) is 16.7 Å². The lowest BCUT2D eigenvalue weighted by molar-refractivity contribution is -0.140. The van der Waals surface area contributed by atoms with Crippen molar-refractivity contribution in [3.05, 3.63) is 70.8 Å². The molecule has 188 valence electrons. The van der Waals surface area contributed by atoms with Crippen LogP contribution in [0.5, 0.6) is 5.75 Å². The predicted molar refractivity (Wildman–Crippen MR) is 140 cm³/mol. The Balaban J connectivity index is 2.07. The number of Topliss-reactive ketones (excluding diaryl/α,β-unsaturated/α-hetero) is 1. The third-order valence-electron chi connectivity index (χ3n) is 6.29. The van der Waals surface area contributed by atoms with Crippen LogP contribution < -0.4 is 4.74 Å². The number of amides is 1. The zero-order valence-electron chi connectivity index (χ0n) is 21.8. The van der Waals surface area contributed by atoms with Crippen LogP contribution in [0.2, 0.25) is 0 Å². The molecule has 1 atom stereocenters. The molecule has 6 heteroatoms. The first-order valence-electron chi connectivity index (χ1n) is 12.3. The smallest absolute Gasteiger partial charge is 0.295 e. The van der Waals surface area contributed by atoms with Crippen molar-refractivity contribution in [1.82, 2.24) is 9.80 Å². The number of aliphatic hydroxyl groups is 1. The van der Waals surface area contributed by atoms with Gasteiger partial charge in [-0.05, 0) is 49.2 Å². The Bertz CT molecular complexity index is 1080. The van der Waals surface area contributed by atoms with Gasteiger partial charge in [0.2, 0.25) is 0 Å². The Morgan fingerprint density at radius 3 is 2.37 bits per heavy atom. The van der Waals surface area contributed by atoms with Crippen molar-refractivity contribution in [2.75, 3.05) is 33.8 Å². The molecule has 1 aliphatic rings. The molecule has 0 aromatic heterocycles. The number of nitrogens with zero attached hydrogens (tertiary/aromatic N) is 2. The van der Waals surface area contributed by atoms with Crippen molar-refractivity contribution in [2.45, 2.75) is 52.0 Å². The quantitative estimate of drug-likeness (QED) is 0.234. The van der Waals surface area contributed by atoms with E-state index >= 15 is 0 Å². The third-order valence-corrected chi connectivity index (χ3v) is 6.29. The van der Waals surface area contributed by atoms with Crippen molar-refractivity contribution in [3.8, 4) is 5.75 Å². The van der Waals surface area contributed by atoms with E-state index in [4.69, 9.17) is 4.74 Å². The maximum atomic E-state index is 13.2. The summed E-state index contributed by atoms with van der Waals surface area (Å²) in [4.78, 5) is 29.9. The maximum absolute atomic E-state index is 13.2. The minimum Gasteiger partial charge on any atom is -0.507 e. The highest BCUT2D eigenvalue weighted by Crippen LogP contribution is 2.40. The number of carbonyl (C=O) groups excluding carboxylic acids is 2. The van der Waals surface area contributed by atoms with E-state index in [1.54, 1.807) is 23.1 Å². The number of hydrogen-bond acceptors (Lipinski definition) is 5. The molecule has 1 aliphatic heterocycles. The first-order chi connectivity index (χ1) is 16.5. The number of carbonyl (C=O) groups is 2. The number of rotatable bonds is 9. The van der Waals surface area contributed by atoms with E-state index in [1.807, 2.05) is 49.3 Å². The van der Waals surface area contributed by atoms with E-state index in [1.165, 1.54) is 0 Å². The highest BCUT2D eigenvalue weighted by atomic mass is 16.5. The average molecular weight is 479 g/mol. The summed E-state index contributed by atoms with van der Waals surface area (Å²) in [5.74, 6) is -0.811. The standard InChI is InChI=1S/C29H38N2O4/c1-7-8-18-35-23-11-9-10-21(19-23)26(32)24-25(20-12-14-22(15-13-20)29(2,3)4)31(17-16-30(5)6)28(34)27(24)33/h9-15,19,25,32H,7-8,16-18H2,1-6H3/b26-24+. The Kier molecular flexibility index (Phi) is 8.39. The second-order valence-electron chi connectivity index (χ2n) is 10.4. The van der Waals surface area contributed by atoms with E-state index in [0.717, 1.165) is 24.0 Å². The fourth-order valence-corrected chi connectivity index (χ4v) is 4.15. The van der Waals surface area contributed by atoms with Crippen LogP contribution >= 0.6 is 0 Å². The summed E-state index contributed by atoms with van der Waals surface area (Å²) < 4.78 is 5.79. The first-order valence-corrected chi connectivity index (χ1v) is 12.3. The highest BCUT2D eigenvalue weighted by Gasteiger charge is 2.46. The number of aliphatic hydroxyl groups excluding tert-OH is 1. The van der Waals surface area contributed by atoms with Crippen LogP contribution in [0.4, 0.5) is 0 Å². The van der Waals surface area contributed by atoms with Gasteiger partial charge < -0.3 is 19.6 Å². The van der Waals surface area contributed by atoms with Crippen molar-refractivity contribution in [1.29, 1.82) is 0 Å². The van der Waals surface area contributed by atoms with Gasteiger partial charge in [0, 0.05) is 18.7 Å². The van der Waals surface area contributed by atoms with E-state index in [0.29, 0.717) is 31.0 Å². The first kappa shape index (κ1) is 26.5. The minimum atomic E-state index is -0.663. The molecule has 2 aromatic rings. The summed E-state index contributed by atoms with van der Waals surface area (Å²) in [6.07, 6.45) is 1.95. The van der Waals surface area contributed by atoms with Gasteiger partial charge in [-0.1, -0.05) is 70.5 Å². The molecule has 0 bridgehead atoms. The number of unbranched alkanes of at least 4 members (excludes halogenated alkanes) is 1. The third kappa shape index (κ3) is 6.12. The van der Waals surface area contributed by atoms with Crippen LogP contribution in [0, 0.1) is 0 Å². The number of hydrogen-bond donors (Lipinski definition) is 1. The predicted octanol–water partition coefficient (Wildman–Crippen LogP) is 5.15. The Morgan fingerprint density at radius 1 is 1.09 bits per heavy atom. The van der Waals surface area contributed by atoms with Crippen LogP contribution in [-0.4, -0.2) is 60.4 Å². The molecule has 0 radical (unpaired) electrons. The van der Waals surface area contributed by atoms with Gasteiger partial charge in [-0.15, -0.1) is 0 Å². The molecule has 1 amide bonds. The van der Waals surface area contributed by atoms with Gasteiger partial charge in [-0.2, -0.15) is 0 Å². The van der Waals surface area contributed by atoms with E-state index in [2.05, 4.69) is 27.7 Å². The molecular weight excluding hydrogens is 440 g/mol. The lowest BCUT2D eigenvalue weighted by atomic mass is 9.85. The van der Waals surface area contributed by atoms with Crippen LogP contribution in [0.15, 0.2) is 54.1 Å². The second kappa shape index (κ2) is 11.1. The highest BCUT2D eigenvalue weighted by molar-refractivity contribution is 6.46. The summed E-state index contributed by atoms with van der Waals surface area (Å²) in [5, 5.41) is 11.3. The largest absolute Gasteiger partial charge is 0.507 e. The molecule has 1 saturated heterocycles. The number of likely N-dealkylation sites (N-methyl/N-ethyl adjacent to an activating group) is 1. The van der Waals surface area contributed by atoms with Gasteiger partial charge in [0.1, 0.15) is 11.5 Å². The number of ether oxygens (including phenoxy) is 1. The fraction of sp³-hybridized carbons (Fsp3) is 0.448. The minimum absolute atomic E-state index is 0.0243. The van der Waals surface area contributed by atoms with Crippen LogP contribution in [-0.2, 0) is 15.0 Å². The summed E-state index contributed by atoms with van der Waals surface area (Å²) in [6.45, 7) is 10.1. The van der Waals surface area contributed by atoms with Gasteiger partial charge in [-0.3, -0.25) is 9.59 Å². The molecule has 3 rings (SSSR count). The lowest BCUT2D eigenvalue weighted by Crippen LogP contribution is -2.35. The Hall–Kier alpha value is -3.12. The van der Waals surface area contributed by atoms with Crippen LogP contribution in [0.1, 0.15) is 63.3 Å². The molecule has 35 heavy (non-hydrogen) atoms. The van der Waals surface area contributed by atoms with Crippen molar-refractivity contribution < 1.29 is 19.4 Å². The second-order valence-corrected chi connectivity index (χ2v) is 10.4. The van der Waals surface area contributed by atoms with Gasteiger partial charge in [0.15, 0.2) is 0 Å². The number of ketones is 1. The molecule has 1 unspecified atom stereocenters. The molecule has 0 saturated carbocycles. The fourth-order valence-electron chi connectivity index (χ4n) is 4.15. The molecule has 2 aromatic carbocycles. The van der Waals surface area contributed by atoms with Crippen LogP contribution in [0.3, 0.4) is 0 Å². The molecule has 1 N–H and O–H groups in total. The van der Waals surface area contributed by atoms with Gasteiger partial charge in [0.05, 0.1) is 18.2 Å². The molecule has 0 aliphatic carbocycles. The Labute approximate surface area is 209 Å². The molecule has 6 nitrogen and oxygen atoms in total. The molecule has 1 fully saturated rings. The summed E-state index contributed by atoms with van der Waals surface area (Å²) in [5.41, 5.74) is 2.50. The van der Waals surface area contributed by atoms with Gasteiger partial charge >= 0.3 is 0 Å². The molecular formula is C29H38N2O4. The normalized spacial score (nSPS) is 17.9. The number of likely N-dealkylation sites (tertiary alicyclic amines) is 1.